The van der Waals surface area contributed by atoms with Crippen molar-refractivity contribution >= 4 is 5.69 Å². The van der Waals surface area contributed by atoms with E-state index in [1.54, 1.807) is 0 Å². The van der Waals surface area contributed by atoms with Gasteiger partial charge in [0.15, 0.2) is 0 Å². The summed E-state index contributed by atoms with van der Waals surface area (Å²) in [5.74, 6) is 1.26. The first kappa shape index (κ1) is 15.3. The van der Waals surface area contributed by atoms with E-state index in [0.717, 1.165) is 12.5 Å². The van der Waals surface area contributed by atoms with Crippen LogP contribution in [0.4, 0.5) is 5.69 Å². The molecular formula is C17H29N3. The van der Waals surface area contributed by atoms with Crippen LogP contribution in [0.25, 0.3) is 0 Å². The van der Waals surface area contributed by atoms with Gasteiger partial charge in [0, 0.05) is 24.8 Å². The van der Waals surface area contributed by atoms with Crippen molar-refractivity contribution < 1.29 is 0 Å². The molecule has 1 unspecified atom stereocenters. The molecular weight excluding hydrogens is 246 g/mol. The minimum Gasteiger partial charge on any atom is -0.370 e. The molecule has 0 aliphatic carbocycles. The number of aromatic nitrogens is 1. The van der Waals surface area contributed by atoms with Crippen molar-refractivity contribution in [2.75, 3.05) is 32.1 Å². The largest absolute Gasteiger partial charge is 0.370 e. The Kier molecular flexibility index (Phi) is 5.03. The summed E-state index contributed by atoms with van der Waals surface area (Å²) in [4.78, 5) is 9.45. The molecule has 1 aliphatic rings. The Balaban J connectivity index is 2.05. The number of pyridine rings is 1. The first-order valence-electron chi connectivity index (χ1n) is 7.86. The van der Waals surface area contributed by atoms with E-state index >= 15 is 0 Å². The van der Waals surface area contributed by atoms with Crippen molar-refractivity contribution in [2.45, 2.75) is 45.6 Å². The standard InChI is InChI=1S/C17H29N3/c1-13(2)17-9-8-16(11-18-17)20-10-6-7-15(12-20)14(3)19(4)5/h8-9,11,13-15H,6-7,10,12H2,1-5H3/t14?,15-/m0/s1. The number of piperidine rings is 1. The Hall–Kier alpha value is -1.09. The van der Waals surface area contributed by atoms with Crippen molar-refractivity contribution in [1.82, 2.24) is 9.88 Å². The lowest BCUT2D eigenvalue weighted by Gasteiger charge is -2.39. The fraction of sp³-hybridized carbons (Fsp3) is 0.706. The van der Waals surface area contributed by atoms with Crippen LogP contribution in [-0.4, -0.2) is 43.1 Å². The van der Waals surface area contributed by atoms with E-state index in [0.29, 0.717) is 12.0 Å². The van der Waals surface area contributed by atoms with Gasteiger partial charge in [0.1, 0.15) is 0 Å². The molecule has 0 N–H and O–H groups in total. The average molecular weight is 275 g/mol. The van der Waals surface area contributed by atoms with Gasteiger partial charge < -0.3 is 9.80 Å². The molecule has 0 bridgehead atoms. The monoisotopic (exact) mass is 275 g/mol. The molecule has 0 aromatic carbocycles. The maximum absolute atomic E-state index is 4.61. The second-order valence-corrected chi connectivity index (χ2v) is 6.65. The molecule has 1 aliphatic heterocycles. The second kappa shape index (κ2) is 6.57. The Morgan fingerprint density at radius 1 is 1.25 bits per heavy atom. The third-order valence-electron chi connectivity index (χ3n) is 4.68. The zero-order valence-electron chi connectivity index (χ0n) is 13.6. The summed E-state index contributed by atoms with van der Waals surface area (Å²) in [6.07, 6.45) is 4.68. The van der Waals surface area contributed by atoms with E-state index in [1.165, 1.54) is 30.8 Å². The molecule has 3 nitrogen and oxygen atoms in total. The zero-order valence-corrected chi connectivity index (χ0v) is 13.6. The average Bonchev–Trinajstić information content (AvgIpc) is 2.46. The van der Waals surface area contributed by atoms with Crippen molar-refractivity contribution in [2.24, 2.45) is 5.92 Å². The third-order valence-corrected chi connectivity index (χ3v) is 4.68. The highest BCUT2D eigenvalue weighted by atomic mass is 15.2. The van der Waals surface area contributed by atoms with Crippen LogP contribution in [0.1, 0.15) is 45.2 Å². The van der Waals surface area contributed by atoms with Gasteiger partial charge in [-0.25, -0.2) is 0 Å². The minimum atomic E-state index is 0.506. The van der Waals surface area contributed by atoms with E-state index in [9.17, 15) is 0 Å². The lowest BCUT2D eigenvalue weighted by molar-refractivity contribution is 0.205. The summed E-state index contributed by atoms with van der Waals surface area (Å²) < 4.78 is 0. The fourth-order valence-corrected chi connectivity index (χ4v) is 2.99. The molecule has 1 saturated heterocycles. The van der Waals surface area contributed by atoms with Crippen LogP contribution in [0.5, 0.6) is 0 Å². The minimum absolute atomic E-state index is 0.506. The van der Waals surface area contributed by atoms with Crippen molar-refractivity contribution in [3.8, 4) is 0 Å². The molecule has 2 rings (SSSR count). The number of hydrogen-bond acceptors (Lipinski definition) is 3. The number of nitrogens with zero attached hydrogens (tertiary/aromatic N) is 3. The quantitative estimate of drug-likeness (QED) is 0.840. The molecule has 0 saturated carbocycles. The SMILES string of the molecule is CC(C)c1ccc(N2CCC[C@H](C(C)N(C)C)C2)cn1. The van der Waals surface area contributed by atoms with E-state index in [2.05, 4.69) is 68.0 Å². The van der Waals surface area contributed by atoms with Crippen LogP contribution >= 0.6 is 0 Å². The third kappa shape index (κ3) is 3.51. The van der Waals surface area contributed by atoms with Crippen LogP contribution in [0, 0.1) is 5.92 Å². The van der Waals surface area contributed by atoms with Gasteiger partial charge in [-0.1, -0.05) is 13.8 Å². The van der Waals surface area contributed by atoms with Gasteiger partial charge in [-0.2, -0.15) is 0 Å². The smallest absolute Gasteiger partial charge is 0.0553 e. The van der Waals surface area contributed by atoms with Crippen LogP contribution in [-0.2, 0) is 0 Å². The molecule has 0 amide bonds. The highest BCUT2D eigenvalue weighted by Gasteiger charge is 2.26. The molecule has 1 aromatic heterocycles. The van der Waals surface area contributed by atoms with Gasteiger partial charge in [-0.05, 0) is 57.8 Å². The topological polar surface area (TPSA) is 19.4 Å². The fourth-order valence-electron chi connectivity index (χ4n) is 2.99. The highest BCUT2D eigenvalue weighted by molar-refractivity contribution is 5.45. The van der Waals surface area contributed by atoms with Gasteiger partial charge in [-0.3, -0.25) is 4.98 Å². The van der Waals surface area contributed by atoms with Gasteiger partial charge in [0.2, 0.25) is 0 Å². The molecule has 1 aromatic rings. The zero-order chi connectivity index (χ0) is 14.7. The molecule has 0 radical (unpaired) electrons. The Morgan fingerprint density at radius 2 is 2.00 bits per heavy atom. The summed E-state index contributed by atoms with van der Waals surface area (Å²) in [7, 11) is 4.37. The lowest BCUT2D eigenvalue weighted by atomic mass is 9.91. The highest BCUT2D eigenvalue weighted by Crippen LogP contribution is 2.26. The molecule has 3 heteroatoms. The van der Waals surface area contributed by atoms with Gasteiger partial charge >= 0.3 is 0 Å². The summed E-state index contributed by atoms with van der Waals surface area (Å²) in [6, 6.07) is 5.06. The Morgan fingerprint density at radius 3 is 2.55 bits per heavy atom. The van der Waals surface area contributed by atoms with Crippen molar-refractivity contribution in [1.29, 1.82) is 0 Å². The normalized spacial score (nSPS) is 21.6. The molecule has 2 heterocycles. The molecule has 1 fully saturated rings. The Labute approximate surface area is 124 Å². The summed E-state index contributed by atoms with van der Waals surface area (Å²) in [5.41, 5.74) is 2.47. The van der Waals surface area contributed by atoms with Crippen LogP contribution < -0.4 is 4.90 Å². The van der Waals surface area contributed by atoms with Gasteiger partial charge in [0.05, 0.1) is 11.9 Å². The predicted molar refractivity (Wildman–Crippen MR) is 86.4 cm³/mol. The summed E-state index contributed by atoms with van der Waals surface area (Å²) in [6.45, 7) is 9.05. The summed E-state index contributed by atoms with van der Waals surface area (Å²) in [5, 5.41) is 0. The molecule has 2 atom stereocenters. The maximum atomic E-state index is 4.61. The first-order chi connectivity index (χ1) is 9.49. The number of anilines is 1. The second-order valence-electron chi connectivity index (χ2n) is 6.65. The van der Waals surface area contributed by atoms with Gasteiger partial charge in [0.25, 0.3) is 0 Å². The number of hydrogen-bond donors (Lipinski definition) is 0. The van der Waals surface area contributed by atoms with Crippen molar-refractivity contribution in [3.63, 3.8) is 0 Å². The lowest BCUT2D eigenvalue weighted by Crippen LogP contribution is -2.44. The van der Waals surface area contributed by atoms with Crippen LogP contribution in [0.15, 0.2) is 18.3 Å². The summed E-state index contributed by atoms with van der Waals surface area (Å²) >= 11 is 0. The maximum Gasteiger partial charge on any atom is 0.0553 e. The molecule has 0 spiro atoms. The van der Waals surface area contributed by atoms with Gasteiger partial charge in [-0.15, -0.1) is 0 Å². The van der Waals surface area contributed by atoms with E-state index in [-0.39, 0.29) is 0 Å². The molecule has 20 heavy (non-hydrogen) atoms. The van der Waals surface area contributed by atoms with Crippen LogP contribution in [0.2, 0.25) is 0 Å². The first-order valence-corrected chi connectivity index (χ1v) is 7.86. The number of rotatable bonds is 4. The Bertz CT molecular complexity index is 411. The van der Waals surface area contributed by atoms with Crippen LogP contribution in [0.3, 0.4) is 0 Å². The predicted octanol–water partition coefficient (Wildman–Crippen LogP) is 3.37. The van der Waals surface area contributed by atoms with E-state index < -0.39 is 0 Å². The van der Waals surface area contributed by atoms with E-state index in [4.69, 9.17) is 0 Å². The van der Waals surface area contributed by atoms with E-state index in [1.807, 2.05) is 0 Å². The molecule has 112 valence electrons. The van der Waals surface area contributed by atoms with Crippen molar-refractivity contribution in [3.05, 3.63) is 24.0 Å².